The Labute approximate surface area is 93.4 Å². The largest absolute Gasteiger partial charge is 0.382 e. The highest BCUT2D eigenvalue weighted by Crippen LogP contribution is 2.12. The second-order valence-corrected chi connectivity index (χ2v) is 3.98. The van der Waals surface area contributed by atoms with Crippen LogP contribution >= 0.6 is 15.9 Å². The number of nitrogens with zero attached hydrogens (tertiary/aromatic N) is 1. The Morgan fingerprint density at radius 3 is 2.86 bits per heavy atom. The van der Waals surface area contributed by atoms with Crippen LogP contribution < -0.4 is 10.6 Å². The Bertz CT molecular complexity index is 265. The molecule has 0 radical (unpaired) electrons. The number of anilines is 1. The fourth-order valence-corrected chi connectivity index (χ4v) is 1.47. The van der Waals surface area contributed by atoms with Gasteiger partial charge in [-0.05, 0) is 35.0 Å². The molecule has 1 aromatic rings. The maximum absolute atomic E-state index is 4.07. The van der Waals surface area contributed by atoms with Gasteiger partial charge in [-0.15, -0.1) is 0 Å². The van der Waals surface area contributed by atoms with Gasteiger partial charge in [0.2, 0.25) is 0 Å². The van der Waals surface area contributed by atoms with Crippen molar-refractivity contribution >= 4 is 21.6 Å². The zero-order chi connectivity index (χ0) is 10.2. The first kappa shape index (κ1) is 11.5. The lowest BCUT2D eigenvalue weighted by Crippen LogP contribution is -2.22. The first-order chi connectivity index (χ1) is 6.83. The molecule has 0 aromatic carbocycles. The summed E-state index contributed by atoms with van der Waals surface area (Å²) in [5.41, 5.74) is 1.05. The lowest BCUT2D eigenvalue weighted by atomic mass is 10.4. The number of pyridine rings is 1. The molecule has 0 aliphatic heterocycles. The van der Waals surface area contributed by atoms with Crippen LogP contribution in [0.2, 0.25) is 0 Å². The minimum absolute atomic E-state index is 0.929. The van der Waals surface area contributed by atoms with Gasteiger partial charge in [-0.1, -0.05) is 6.92 Å². The van der Waals surface area contributed by atoms with Gasteiger partial charge >= 0.3 is 0 Å². The molecule has 2 N–H and O–H groups in total. The summed E-state index contributed by atoms with van der Waals surface area (Å²) in [7, 11) is 0. The molecule has 0 aliphatic rings. The third kappa shape index (κ3) is 4.58. The Morgan fingerprint density at radius 2 is 2.14 bits per heavy atom. The van der Waals surface area contributed by atoms with Crippen LogP contribution in [-0.2, 0) is 0 Å². The summed E-state index contributed by atoms with van der Waals surface area (Å²) in [6.45, 7) is 5.16. The molecule has 0 fully saturated rings. The van der Waals surface area contributed by atoms with E-state index in [2.05, 4.69) is 38.5 Å². The van der Waals surface area contributed by atoms with Crippen LogP contribution in [0.3, 0.4) is 0 Å². The minimum atomic E-state index is 0.929. The molecule has 0 spiro atoms. The number of nitrogens with one attached hydrogen (secondary N) is 2. The van der Waals surface area contributed by atoms with Gasteiger partial charge in [-0.3, -0.25) is 4.98 Å². The second-order valence-electron chi connectivity index (χ2n) is 3.07. The van der Waals surface area contributed by atoms with E-state index in [0.29, 0.717) is 0 Å². The number of aromatic nitrogens is 1. The van der Waals surface area contributed by atoms with Gasteiger partial charge in [0.25, 0.3) is 0 Å². The van der Waals surface area contributed by atoms with E-state index in [1.165, 1.54) is 6.42 Å². The SMILES string of the molecule is CCCNCCNc1cncc(Br)c1. The number of hydrogen-bond donors (Lipinski definition) is 2. The van der Waals surface area contributed by atoms with Crippen molar-refractivity contribution in [3.05, 3.63) is 22.9 Å². The van der Waals surface area contributed by atoms with Crippen molar-refractivity contribution in [2.75, 3.05) is 25.0 Å². The summed E-state index contributed by atoms with van der Waals surface area (Å²) < 4.78 is 1.00. The van der Waals surface area contributed by atoms with Gasteiger partial charge in [-0.25, -0.2) is 0 Å². The molecule has 0 aliphatic carbocycles. The van der Waals surface area contributed by atoms with Gasteiger partial charge in [0.15, 0.2) is 0 Å². The smallest absolute Gasteiger partial charge is 0.0538 e. The fraction of sp³-hybridized carbons (Fsp3) is 0.500. The summed E-state index contributed by atoms with van der Waals surface area (Å²) in [5.74, 6) is 0. The van der Waals surface area contributed by atoms with Crippen LogP contribution in [0.1, 0.15) is 13.3 Å². The molecule has 0 amide bonds. The van der Waals surface area contributed by atoms with Crippen molar-refractivity contribution in [1.82, 2.24) is 10.3 Å². The Balaban J connectivity index is 2.18. The average Bonchev–Trinajstić information content (AvgIpc) is 2.18. The van der Waals surface area contributed by atoms with Crippen LogP contribution in [0.15, 0.2) is 22.9 Å². The van der Waals surface area contributed by atoms with E-state index < -0.39 is 0 Å². The quantitative estimate of drug-likeness (QED) is 0.768. The van der Waals surface area contributed by atoms with Crippen molar-refractivity contribution < 1.29 is 0 Å². The number of hydrogen-bond acceptors (Lipinski definition) is 3. The third-order valence-electron chi connectivity index (χ3n) is 1.76. The molecule has 3 nitrogen and oxygen atoms in total. The first-order valence-electron chi connectivity index (χ1n) is 4.88. The van der Waals surface area contributed by atoms with E-state index in [1.807, 2.05) is 12.3 Å². The van der Waals surface area contributed by atoms with E-state index in [1.54, 1.807) is 6.20 Å². The fourth-order valence-electron chi connectivity index (χ4n) is 1.11. The van der Waals surface area contributed by atoms with Gasteiger partial charge in [0, 0.05) is 23.8 Å². The highest BCUT2D eigenvalue weighted by Gasteiger charge is 1.92. The van der Waals surface area contributed by atoms with Crippen LogP contribution in [0, 0.1) is 0 Å². The minimum Gasteiger partial charge on any atom is -0.382 e. The zero-order valence-electron chi connectivity index (χ0n) is 8.39. The molecule has 1 heterocycles. The Morgan fingerprint density at radius 1 is 1.29 bits per heavy atom. The van der Waals surface area contributed by atoms with Crippen molar-refractivity contribution in [3.8, 4) is 0 Å². The molecule has 14 heavy (non-hydrogen) atoms. The van der Waals surface area contributed by atoms with E-state index in [-0.39, 0.29) is 0 Å². The second kappa shape index (κ2) is 6.79. The summed E-state index contributed by atoms with van der Waals surface area (Å²) in [4.78, 5) is 4.07. The number of halogens is 1. The van der Waals surface area contributed by atoms with Crippen LogP contribution in [0.5, 0.6) is 0 Å². The molecule has 1 aromatic heterocycles. The normalized spacial score (nSPS) is 10.1. The highest BCUT2D eigenvalue weighted by atomic mass is 79.9. The van der Waals surface area contributed by atoms with E-state index in [9.17, 15) is 0 Å². The van der Waals surface area contributed by atoms with Crippen molar-refractivity contribution in [1.29, 1.82) is 0 Å². The topological polar surface area (TPSA) is 37.0 Å². The van der Waals surface area contributed by atoms with Crippen LogP contribution in [-0.4, -0.2) is 24.6 Å². The maximum atomic E-state index is 4.07. The zero-order valence-corrected chi connectivity index (χ0v) is 9.97. The molecule has 0 atom stereocenters. The lowest BCUT2D eigenvalue weighted by Gasteiger charge is -2.06. The Hall–Kier alpha value is -0.610. The average molecular weight is 258 g/mol. The van der Waals surface area contributed by atoms with Crippen LogP contribution in [0.4, 0.5) is 5.69 Å². The van der Waals surface area contributed by atoms with Crippen molar-refractivity contribution in [3.63, 3.8) is 0 Å². The third-order valence-corrected chi connectivity index (χ3v) is 2.20. The van der Waals surface area contributed by atoms with Crippen LogP contribution in [0.25, 0.3) is 0 Å². The summed E-state index contributed by atoms with van der Waals surface area (Å²) in [6.07, 6.45) is 4.78. The van der Waals surface area contributed by atoms with Gasteiger partial charge in [-0.2, -0.15) is 0 Å². The molecule has 4 heteroatoms. The first-order valence-corrected chi connectivity index (χ1v) is 5.67. The van der Waals surface area contributed by atoms with Crippen molar-refractivity contribution in [2.24, 2.45) is 0 Å². The van der Waals surface area contributed by atoms with Gasteiger partial charge in [0.05, 0.1) is 11.9 Å². The van der Waals surface area contributed by atoms with E-state index >= 15 is 0 Å². The molecule has 0 saturated carbocycles. The number of rotatable bonds is 6. The summed E-state index contributed by atoms with van der Waals surface area (Å²) >= 11 is 3.38. The van der Waals surface area contributed by atoms with Gasteiger partial charge < -0.3 is 10.6 Å². The molecular formula is C10H16BrN3. The molecule has 0 unspecified atom stereocenters. The van der Waals surface area contributed by atoms with Crippen molar-refractivity contribution in [2.45, 2.75) is 13.3 Å². The molecule has 1 rings (SSSR count). The molecule has 0 bridgehead atoms. The predicted octanol–water partition coefficient (Wildman–Crippen LogP) is 2.26. The maximum Gasteiger partial charge on any atom is 0.0538 e. The summed E-state index contributed by atoms with van der Waals surface area (Å²) in [5, 5.41) is 6.61. The molecule has 78 valence electrons. The lowest BCUT2D eigenvalue weighted by molar-refractivity contribution is 0.687. The summed E-state index contributed by atoms with van der Waals surface area (Å²) in [6, 6.07) is 2.02. The monoisotopic (exact) mass is 257 g/mol. The Kier molecular flexibility index (Phi) is 5.56. The molecular weight excluding hydrogens is 242 g/mol. The van der Waals surface area contributed by atoms with Gasteiger partial charge in [0.1, 0.15) is 0 Å². The standard InChI is InChI=1S/C10H16BrN3/c1-2-3-12-4-5-14-10-6-9(11)7-13-8-10/h6-8,12,14H,2-5H2,1H3. The predicted molar refractivity (Wildman–Crippen MR) is 63.6 cm³/mol. The van der Waals surface area contributed by atoms with E-state index in [0.717, 1.165) is 29.8 Å². The molecule has 0 saturated heterocycles. The highest BCUT2D eigenvalue weighted by molar-refractivity contribution is 9.10. The van der Waals surface area contributed by atoms with E-state index in [4.69, 9.17) is 0 Å².